The number of rotatable bonds is 5. The first-order valence-corrected chi connectivity index (χ1v) is 7.69. The van der Waals surface area contributed by atoms with Crippen LogP contribution in [0, 0.1) is 0 Å². The van der Waals surface area contributed by atoms with Crippen LogP contribution in [0.25, 0.3) is 0 Å². The Bertz CT molecular complexity index is 857. The number of amides is 1. The van der Waals surface area contributed by atoms with Gasteiger partial charge in [0.1, 0.15) is 5.75 Å². The van der Waals surface area contributed by atoms with E-state index in [1.165, 1.54) is 31.2 Å². The normalized spacial score (nSPS) is 11.8. The zero-order valence-corrected chi connectivity index (χ0v) is 14.2. The number of anilines is 1. The van der Waals surface area contributed by atoms with E-state index < -0.39 is 41.7 Å². The molecule has 0 aliphatic heterocycles. The lowest BCUT2D eigenvalue weighted by molar-refractivity contribution is -0.143. The van der Waals surface area contributed by atoms with E-state index >= 15 is 0 Å². The molecule has 150 valence electrons. The molecule has 0 fully saturated rings. The number of ketones is 1. The summed E-state index contributed by atoms with van der Waals surface area (Å²) in [6.45, 7) is 0.636. The first-order valence-electron chi connectivity index (χ1n) is 7.69. The Morgan fingerprint density at radius 3 is 2.00 bits per heavy atom. The highest BCUT2D eigenvalue weighted by Gasteiger charge is 2.37. The molecule has 2 aromatic rings. The van der Waals surface area contributed by atoms with E-state index in [-0.39, 0.29) is 17.6 Å². The lowest BCUT2D eigenvalue weighted by Crippen LogP contribution is -2.21. The van der Waals surface area contributed by atoms with Crippen LogP contribution in [0.3, 0.4) is 0 Å². The highest BCUT2D eigenvalue weighted by molar-refractivity contribution is 5.94. The van der Waals surface area contributed by atoms with Crippen LogP contribution in [0.5, 0.6) is 5.75 Å². The van der Waals surface area contributed by atoms with Crippen molar-refractivity contribution in [3.63, 3.8) is 0 Å². The molecule has 0 spiro atoms. The third-order valence-corrected chi connectivity index (χ3v) is 3.48. The van der Waals surface area contributed by atoms with Crippen molar-refractivity contribution in [3.8, 4) is 5.75 Å². The van der Waals surface area contributed by atoms with Gasteiger partial charge in [-0.15, -0.1) is 0 Å². The summed E-state index contributed by atoms with van der Waals surface area (Å²) >= 11 is 0. The fourth-order valence-electron chi connectivity index (χ4n) is 2.18. The van der Waals surface area contributed by atoms with Crippen molar-refractivity contribution in [2.75, 3.05) is 11.9 Å². The number of alkyl halides is 6. The van der Waals surface area contributed by atoms with E-state index in [4.69, 9.17) is 4.74 Å². The van der Waals surface area contributed by atoms with Gasteiger partial charge in [-0.1, -0.05) is 12.1 Å². The summed E-state index contributed by atoms with van der Waals surface area (Å²) in [5.74, 6) is -1.08. The van der Waals surface area contributed by atoms with Crippen LogP contribution in [0.15, 0.2) is 42.5 Å². The molecule has 0 bridgehead atoms. The molecular formula is C18H13F6NO3. The second-order valence-corrected chi connectivity index (χ2v) is 5.72. The highest BCUT2D eigenvalue weighted by Crippen LogP contribution is 2.37. The second-order valence-electron chi connectivity index (χ2n) is 5.72. The third-order valence-electron chi connectivity index (χ3n) is 3.48. The van der Waals surface area contributed by atoms with Crippen LogP contribution in [0.1, 0.15) is 28.4 Å². The number of Topliss-reactive ketones (excluding diaryl/α,β-unsaturated/α-hetero) is 1. The molecule has 4 nitrogen and oxygen atoms in total. The summed E-state index contributed by atoms with van der Waals surface area (Å²) in [5, 5.41) is 1.94. The Morgan fingerprint density at radius 2 is 1.50 bits per heavy atom. The van der Waals surface area contributed by atoms with Gasteiger partial charge in [0.15, 0.2) is 12.4 Å². The van der Waals surface area contributed by atoms with Gasteiger partial charge in [0.2, 0.25) is 0 Å². The number of carbonyl (C=O) groups excluding carboxylic acids is 2. The predicted octanol–water partition coefficient (Wildman–Crippen LogP) is 4.94. The van der Waals surface area contributed by atoms with E-state index in [1.54, 1.807) is 0 Å². The van der Waals surface area contributed by atoms with Crippen LogP contribution in [-0.4, -0.2) is 18.3 Å². The maximum Gasteiger partial charge on any atom is 0.416 e. The average molecular weight is 405 g/mol. The van der Waals surface area contributed by atoms with Crippen LogP contribution in [0.4, 0.5) is 32.0 Å². The second kappa shape index (κ2) is 7.91. The molecule has 28 heavy (non-hydrogen) atoms. The van der Waals surface area contributed by atoms with Crippen molar-refractivity contribution in [2.24, 2.45) is 0 Å². The molecule has 0 radical (unpaired) electrons. The topological polar surface area (TPSA) is 55.4 Å². The summed E-state index contributed by atoms with van der Waals surface area (Å²) < 4.78 is 82.0. The summed E-state index contributed by atoms with van der Waals surface area (Å²) in [6, 6.07) is 6.53. The molecule has 2 rings (SSSR count). The maximum atomic E-state index is 12.8. The van der Waals surface area contributed by atoms with Gasteiger partial charge in [-0.2, -0.15) is 26.3 Å². The minimum atomic E-state index is -5.02. The van der Waals surface area contributed by atoms with Gasteiger partial charge in [0, 0.05) is 11.3 Å². The van der Waals surface area contributed by atoms with Crippen molar-refractivity contribution < 1.29 is 40.7 Å². The largest absolute Gasteiger partial charge is 0.484 e. The molecular weight excluding hydrogens is 392 g/mol. The minimum Gasteiger partial charge on any atom is -0.484 e. The number of benzene rings is 2. The fraction of sp³-hybridized carbons (Fsp3) is 0.222. The van der Waals surface area contributed by atoms with Crippen LogP contribution < -0.4 is 10.1 Å². The highest BCUT2D eigenvalue weighted by atomic mass is 19.4. The SMILES string of the molecule is CC(=O)c1cccc(OCC(=O)Nc2cc(C(F)(F)F)cc(C(F)(F)F)c2)c1. The maximum absolute atomic E-state index is 12.8. The van der Waals surface area contributed by atoms with Gasteiger partial charge in [-0.25, -0.2) is 0 Å². The first-order chi connectivity index (χ1) is 12.9. The van der Waals surface area contributed by atoms with Gasteiger partial charge in [-0.3, -0.25) is 9.59 Å². The van der Waals surface area contributed by atoms with Crippen molar-refractivity contribution in [3.05, 3.63) is 59.2 Å². The fourth-order valence-corrected chi connectivity index (χ4v) is 2.18. The first kappa shape index (κ1) is 21.3. The number of halogens is 6. The lowest BCUT2D eigenvalue weighted by Gasteiger charge is -2.15. The van der Waals surface area contributed by atoms with E-state index in [1.807, 2.05) is 5.32 Å². The van der Waals surface area contributed by atoms with Crippen molar-refractivity contribution in [2.45, 2.75) is 19.3 Å². The molecule has 0 aliphatic rings. The zero-order valence-electron chi connectivity index (χ0n) is 14.2. The molecule has 0 unspecified atom stereocenters. The molecule has 1 N–H and O–H groups in total. The van der Waals surface area contributed by atoms with E-state index in [2.05, 4.69) is 0 Å². The van der Waals surface area contributed by atoms with Gasteiger partial charge in [-0.05, 0) is 37.3 Å². The van der Waals surface area contributed by atoms with Gasteiger partial charge in [0.05, 0.1) is 11.1 Å². The molecule has 0 atom stereocenters. The van der Waals surface area contributed by atoms with E-state index in [9.17, 15) is 35.9 Å². The summed E-state index contributed by atoms with van der Waals surface area (Å²) in [5.41, 5.74) is -3.46. The van der Waals surface area contributed by atoms with Crippen LogP contribution in [0.2, 0.25) is 0 Å². The standard InChI is InChI=1S/C18H13F6NO3/c1-10(26)11-3-2-4-15(5-11)28-9-16(27)25-14-7-12(17(19,20)21)6-13(8-14)18(22,23)24/h2-8H,9H2,1H3,(H,25,27). The molecule has 0 heterocycles. The Balaban J connectivity index is 2.15. The molecule has 10 heteroatoms. The van der Waals surface area contributed by atoms with Gasteiger partial charge >= 0.3 is 12.4 Å². The van der Waals surface area contributed by atoms with Crippen molar-refractivity contribution in [1.29, 1.82) is 0 Å². The Hall–Kier alpha value is -3.04. The van der Waals surface area contributed by atoms with E-state index in [0.717, 1.165) is 0 Å². The quantitative estimate of drug-likeness (QED) is 0.566. The number of ether oxygens (including phenoxy) is 1. The molecule has 0 saturated heterocycles. The summed E-state index contributed by atoms with van der Waals surface area (Å²) in [4.78, 5) is 23.1. The lowest BCUT2D eigenvalue weighted by atomic mass is 10.1. The van der Waals surface area contributed by atoms with Crippen molar-refractivity contribution in [1.82, 2.24) is 0 Å². The number of nitrogens with one attached hydrogen (secondary N) is 1. The molecule has 1 amide bonds. The molecule has 0 saturated carbocycles. The number of hydrogen-bond donors (Lipinski definition) is 1. The minimum absolute atomic E-state index is 0.0422. The predicted molar refractivity (Wildman–Crippen MR) is 87.0 cm³/mol. The van der Waals surface area contributed by atoms with Crippen LogP contribution in [-0.2, 0) is 17.1 Å². The monoisotopic (exact) mass is 405 g/mol. The van der Waals surface area contributed by atoms with Crippen molar-refractivity contribution >= 4 is 17.4 Å². The van der Waals surface area contributed by atoms with Crippen LogP contribution >= 0.6 is 0 Å². The summed E-state index contributed by atoms with van der Waals surface area (Å²) in [7, 11) is 0. The Labute approximate surface area is 155 Å². The smallest absolute Gasteiger partial charge is 0.416 e. The third kappa shape index (κ3) is 5.73. The number of carbonyl (C=O) groups is 2. The van der Waals surface area contributed by atoms with Gasteiger partial charge < -0.3 is 10.1 Å². The van der Waals surface area contributed by atoms with E-state index in [0.29, 0.717) is 17.7 Å². The Kier molecular flexibility index (Phi) is 6.01. The Morgan fingerprint density at radius 1 is 0.929 bits per heavy atom. The number of hydrogen-bond acceptors (Lipinski definition) is 3. The molecule has 0 aromatic heterocycles. The molecule has 0 aliphatic carbocycles. The summed E-state index contributed by atoms with van der Waals surface area (Å²) in [6.07, 6.45) is -10.0. The van der Waals surface area contributed by atoms with Gasteiger partial charge in [0.25, 0.3) is 5.91 Å². The average Bonchev–Trinajstić information content (AvgIpc) is 2.58. The zero-order chi connectivity index (χ0) is 21.1. The molecule has 2 aromatic carbocycles.